The van der Waals surface area contributed by atoms with Gasteiger partial charge in [-0.1, -0.05) is 6.07 Å². The normalized spacial score (nSPS) is 25.9. The summed E-state index contributed by atoms with van der Waals surface area (Å²) in [5, 5.41) is 8.66. The zero-order valence-corrected chi connectivity index (χ0v) is 14.1. The van der Waals surface area contributed by atoms with E-state index in [-0.39, 0.29) is 6.10 Å². The second kappa shape index (κ2) is 5.79. The number of benzene rings is 1. The SMILES string of the molecule is c1nc2ccc(-c3ccc(O[C@H]4CN5CCC4CC5)nn3)cc2s1. The Balaban J connectivity index is 1.35. The monoisotopic (exact) mass is 338 g/mol. The highest BCUT2D eigenvalue weighted by Gasteiger charge is 2.35. The molecular weight excluding hydrogens is 320 g/mol. The number of ether oxygens (including phenoxy) is 1. The van der Waals surface area contributed by atoms with E-state index in [1.54, 1.807) is 11.3 Å². The van der Waals surface area contributed by atoms with Crippen molar-refractivity contribution in [1.29, 1.82) is 0 Å². The van der Waals surface area contributed by atoms with E-state index in [1.165, 1.54) is 30.6 Å². The maximum Gasteiger partial charge on any atom is 0.233 e. The number of thiazole rings is 1. The van der Waals surface area contributed by atoms with Gasteiger partial charge in [0.15, 0.2) is 0 Å². The van der Waals surface area contributed by atoms with Crippen LogP contribution in [0.2, 0.25) is 0 Å². The van der Waals surface area contributed by atoms with Gasteiger partial charge in [0, 0.05) is 18.2 Å². The molecule has 24 heavy (non-hydrogen) atoms. The molecule has 122 valence electrons. The molecule has 3 aliphatic heterocycles. The number of rotatable bonds is 3. The predicted octanol–water partition coefficient (Wildman–Crippen LogP) is 3.23. The van der Waals surface area contributed by atoms with Gasteiger partial charge in [-0.15, -0.1) is 21.5 Å². The van der Waals surface area contributed by atoms with E-state index in [0.29, 0.717) is 11.8 Å². The minimum absolute atomic E-state index is 0.265. The van der Waals surface area contributed by atoms with Crippen molar-refractivity contribution < 1.29 is 4.74 Å². The molecule has 2 aromatic heterocycles. The molecule has 0 amide bonds. The van der Waals surface area contributed by atoms with Crippen molar-refractivity contribution in [2.24, 2.45) is 5.92 Å². The number of aromatic nitrogens is 3. The van der Waals surface area contributed by atoms with Crippen molar-refractivity contribution in [2.75, 3.05) is 19.6 Å². The van der Waals surface area contributed by atoms with Gasteiger partial charge in [0.1, 0.15) is 6.10 Å². The first-order chi connectivity index (χ1) is 11.8. The molecule has 0 aliphatic carbocycles. The summed E-state index contributed by atoms with van der Waals surface area (Å²) in [6.45, 7) is 3.46. The van der Waals surface area contributed by atoms with Gasteiger partial charge in [0.05, 0.1) is 21.4 Å². The molecule has 6 heteroatoms. The largest absolute Gasteiger partial charge is 0.472 e. The molecule has 0 unspecified atom stereocenters. The van der Waals surface area contributed by atoms with Gasteiger partial charge < -0.3 is 4.74 Å². The average molecular weight is 338 g/mol. The summed E-state index contributed by atoms with van der Waals surface area (Å²) in [5.41, 5.74) is 4.82. The lowest BCUT2D eigenvalue weighted by Crippen LogP contribution is -2.52. The zero-order chi connectivity index (χ0) is 15.9. The lowest BCUT2D eigenvalue weighted by molar-refractivity contribution is -0.0103. The van der Waals surface area contributed by atoms with Crippen LogP contribution in [0.15, 0.2) is 35.8 Å². The van der Waals surface area contributed by atoms with Crippen molar-refractivity contribution in [2.45, 2.75) is 18.9 Å². The van der Waals surface area contributed by atoms with Crippen LogP contribution < -0.4 is 4.74 Å². The Morgan fingerprint density at radius 3 is 2.75 bits per heavy atom. The molecule has 0 saturated carbocycles. The number of fused-ring (bicyclic) bond motifs is 4. The van der Waals surface area contributed by atoms with Gasteiger partial charge in [0.2, 0.25) is 5.88 Å². The van der Waals surface area contributed by atoms with Gasteiger partial charge >= 0.3 is 0 Å². The van der Waals surface area contributed by atoms with E-state index in [4.69, 9.17) is 4.74 Å². The molecule has 3 fully saturated rings. The van der Waals surface area contributed by atoms with Gasteiger partial charge in [-0.3, -0.25) is 4.90 Å². The molecule has 1 atom stereocenters. The first kappa shape index (κ1) is 14.3. The second-order valence-corrected chi connectivity index (χ2v) is 7.47. The van der Waals surface area contributed by atoms with Crippen LogP contribution in [0.3, 0.4) is 0 Å². The first-order valence-corrected chi connectivity index (χ1v) is 9.29. The minimum atomic E-state index is 0.265. The Morgan fingerprint density at radius 1 is 1.08 bits per heavy atom. The van der Waals surface area contributed by atoms with Crippen LogP contribution in [-0.4, -0.2) is 45.8 Å². The van der Waals surface area contributed by atoms with Crippen LogP contribution in [0.4, 0.5) is 0 Å². The van der Waals surface area contributed by atoms with Crippen molar-refractivity contribution >= 4 is 21.6 Å². The van der Waals surface area contributed by atoms with Crippen LogP contribution in [0.1, 0.15) is 12.8 Å². The average Bonchev–Trinajstić information content (AvgIpc) is 3.11. The smallest absolute Gasteiger partial charge is 0.233 e. The van der Waals surface area contributed by atoms with Crippen LogP contribution in [0.25, 0.3) is 21.5 Å². The summed E-state index contributed by atoms with van der Waals surface area (Å²) in [7, 11) is 0. The third-order valence-electron chi connectivity index (χ3n) is 5.14. The van der Waals surface area contributed by atoms with Gasteiger partial charge in [-0.25, -0.2) is 4.98 Å². The maximum atomic E-state index is 6.11. The summed E-state index contributed by atoms with van der Waals surface area (Å²) >= 11 is 1.64. The van der Waals surface area contributed by atoms with E-state index in [1.807, 2.05) is 29.8 Å². The summed E-state index contributed by atoms with van der Waals surface area (Å²) in [5.74, 6) is 1.31. The quantitative estimate of drug-likeness (QED) is 0.734. The van der Waals surface area contributed by atoms with E-state index in [0.717, 1.165) is 23.3 Å². The number of hydrogen-bond acceptors (Lipinski definition) is 6. The minimum Gasteiger partial charge on any atom is -0.472 e. The van der Waals surface area contributed by atoms with Crippen LogP contribution >= 0.6 is 11.3 Å². The van der Waals surface area contributed by atoms with Crippen molar-refractivity contribution in [3.05, 3.63) is 35.8 Å². The van der Waals surface area contributed by atoms with E-state index in [2.05, 4.69) is 26.1 Å². The molecule has 0 spiro atoms. The summed E-state index contributed by atoms with van der Waals surface area (Å²) in [6.07, 6.45) is 2.75. The first-order valence-electron chi connectivity index (χ1n) is 8.41. The Hall–Kier alpha value is -2.05. The molecule has 3 saturated heterocycles. The molecule has 6 rings (SSSR count). The van der Waals surface area contributed by atoms with Gasteiger partial charge in [-0.05, 0) is 50.0 Å². The number of hydrogen-bond donors (Lipinski definition) is 0. The third-order valence-corrected chi connectivity index (χ3v) is 5.93. The van der Waals surface area contributed by atoms with Gasteiger partial charge in [-0.2, -0.15) is 0 Å². The molecule has 1 aromatic carbocycles. The lowest BCUT2D eigenvalue weighted by Gasteiger charge is -2.44. The van der Waals surface area contributed by atoms with Crippen LogP contribution in [0.5, 0.6) is 5.88 Å². The maximum absolute atomic E-state index is 6.11. The summed E-state index contributed by atoms with van der Waals surface area (Å²) in [6, 6.07) is 10.1. The molecule has 0 N–H and O–H groups in total. The Labute approximate surface area is 144 Å². The molecular formula is C18H18N4OS. The summed E-state index contributed by atoms with van der Waals surface area (Å²) in [4.78, 5) is 6.79. The topological polar surface area (TPSA) is 51.1 Å². The highest BCUT2D eigenvalue weighted by Crippen LogP contribution is 2.30. The second-order valence-electron chi connectivity index (χ2n) is 6.59. The lowest BCUT2D eigenvalue weighted by atomic mass is 9.86. The van der Waals surface area contributed by atoms with Crippen molar-refractivity contribution in [1.82, 2.24) is 20.1 Å². The number of piperidine rings is 3. The van der Waals surface area contributed by atoms with E-state index >= 15 is 0 Å². The molecule has 0 radical (unpaired) electrons. The number of nitrogens with zero attached hydrogens (tertiary/aromatic N) is 4. The molecule has 5 heterocycles. The van der Waals surface area contributed by atoms with Gasteiger partial charge in [0.25, 0.3) is 0 Å². The highest BCUT2D eigenvalue weighted by atomic mass is 32.1. The van der Waals surface area contributed by atoms with E-state index in [9.17, 15) is 0 Å². The highest BCUT2D eigenvalue weighted by molar-refractivity contribution is 7.16. The zero-order valence-electron chi connectivity index (χ0n) is 13.3. The Kier molecular flexibility index (Phi) is 3.45. The van der Waals surface area contributed by atoms with Crippen LogP contribution in [0, 0.1) is 5.92 Å². The van der Waals surface area contributed by atoms with Crippen LogP contribution in [-0.2, 0) is 0 Å². The Bertz CT molecular complexity index is 855. The van der Waals surface area contributed by atoms with Crippen molar-refractivity contribution in [3.63, 3.8) is 0 Å². The molecule has 5 nitrogen and oxygen atoms in total. The molecule has 2 bridgehead atoms. The standard InChI is InChI=1S/C18H18N4OS/c1-2-15-17(24-11-19-15)9-13(1)14-3-4-18(21-20-14)23-16-10-22-7-5-12(16)6-8-22/h1-4,9,11-12,16H,5-8,10H2/t16-/m0/s1. The Morgan fingerprint density at radius 2 is 2.00 bits per heavy atom. The predicted molar refractivity (Wildman–Crippen MR) is 94.2 cm³/mol. The van der Waals surface area contributed by atoms with Crippen molar-refractivity contribution in [3.8, 4) is 17.1 Å². The fraction of sp³-hybridized carbons (Fsp3) is 0.389. The summed E-state index contributed by atoms with van der Waals surface area (Å²) < 4.78 is 7.28. The van der Waals surface area contributed by atoms with E-state index < -0.39 is 0 Å². The fourth-order valence-corrected chi connectivity index (χ4v) is 4.47. The third kappa shape index (κ3) is 2.56. The molecule has 3 aromatic rings. The molecule has 3 aliphatic rings. The fourth-order valence-electron chi connectivity index (χ4n) is 3.75.